The lowest BCUT2D eigenvalue weighted by atomic mass is 10.0. The highest BCUT2D eigenvalue weighted by Gasteiger charge is 2.17. The lowest BCUT2D eigenvalue weighted by Crippen LogP contribution is -2.34. The maximum Gasteiger partial charge on any atom is 0.260 e. The van der Waals surface area contributed by atoms with Crippen molar-refractivity contribution in [1.29, 1.82) is 0 Å². The average Bonchev–Trinajstić information content (AvgIpc) is 3.25. The van der Waals surface area contributed by atoms with Gasteiger partial charge in [-0.05, 0) is 56.5 Å². The number of aromatic amines is 1. The molecule has 0 aliphatic carbocycles. The van der Waals surface area contributed by atoms with Gasteiger partial charge >= 0.3 is 0 Å². The molecule has 0 saturated carbocycles. The van der Waals surface area contributed by atoms with E-state index in [1.165, 1.54) is 12.1 Å². The van der Waals surface area contributed by atoms with E-state index in [4.69, 9.17) is 4.74 Å². The molecule has 202 valence electrons. The molecule has 0 unspecified atom stereocenters. The molecule has 2 atom stereocenters. The van der Waals surface area contributed by atoms with E-state index in [1.54, 1.807) is 11.0 Å². The zero-order valence-corrected chi connectivity index (χ0v) is 22.4. The predicted molar refractivity (Wildman–Crippen MR) is 144 cm³/mol. The fourth-order valence-electron chi connectivity index (χ4n) is 4.16. The van der Waals surface area contributed by atoms with Crippen LogP contribution in [0.4, 0.5) is 5.69 Å². The zero-order chi connectivity index (χ0) is 27.2. The molecule has 1 aromatic heterocycles. The van der Waals surface area contributed by atoms with Crippen LogP contribution in [0.25, 0.3) is 10.9 Å². The van der Waals surface area contributed by atoms with Gasteiger partial charge in [0.2, 0.25) is 10.0 Å². The molecule has 2 aromatic carbocycles. The number of nitrogens with zero attached hydrogens (tertiary/aromatic N) is 1. The van der Waals surface area contributed by atoms with Crippen molar-refractivity contribution in [3.8, 4) is 11.5 Å². The predicted octanol–water partition coefficient (Wildman–Crippen LogP) is 2.75. The molecule has 11 heteroatoms. The van der Waals surface area contributed by atoms with Crippen LogP contribution in [0.15, 0.2) is 42.6 Å². The third kappa shape index (κ3) is 7.61. The van der Waals surface area contributed by atoms with Gasteiger partial charge in [-0.3, -0.25) is 9.52 Å². The maximum atomic E-state index is 12.3. The summed E-state index contributed by atoms with van der Waals surface area (Å²) in [5.41, 5.74) is 2.38. The normalized spacial score (nSPS) is 13.3. The molecule has 0 radical (unpaired) electrons. The highest BCUT2D eigenvalue weighted by Crippen LogP contribution is 2.29. The molecule has 37 heavy (non-hydrogen) atoms. The smallest absolute Gasteiger partial charge is 0.260 e. The Kier molecular flexibility index (Phi) is 9.41. The minimum absolute atomic E-state index is 0.00759. The van der Waals surface area contributed by atoms with Crippen LogP contribution in [-0.2, 0) is 21.2 Å². The summed E-state index contributed by atoms with van der Waals surface area (Å²) in [5, 5.41) is 24.8. The fraction of sp³-hybridized carbons (Fsp3) is 0.423. The summed E-state index contributed by atoms with van der Waals surface area (Å²) in [4.78, 5) is 17.3. The second-order valence-electron chi connectivity index (χ2n) is 9.03. The number of hydrogen-bond donors (Lipinski definition) is 5. The van der Waals surface area contributed by atoms with Gasteiger partial charge < -0.3 is 30.2 Å². The van der Waals surface area contributed by atoms with Crippen LogP contribution in [0.2, 0.25) is 0 Å². The van der Waals surface area contributed by atoms with Crippen molar-refractivity contribution in [1.82, 2.24) is 15.2 Å². The van der Waals surface area contributed by atoms with Gasteiger partial charge in [0.1, 0.15) is 11.5 Å². The number of carbonyl (C=O) groups excluding carboxylic acids is 1. The molecule has 5 N–H and O–H groups in total. The van der Waals surface area contributed by atoms with Crippen LogP contribution in [0.1, 0.15) is 38.0 Å². The number of H-pyrrole nitrogens is 1. The summed E-state index contributed by atoms with van der Waals surface area (Å²) in [6.07, 6.45) is 2.67. The van der Waals surface area contributed by atoms with Crippen LogP contribution in [0.3, 0.4) is 0 Å². The van der Waals surface area contributed by atoms with Crippen molar-refractivity contribution in [2.75, 3.05) is 37.2 Å². The Morgan fingerprint density at radius 3 is 2.59 bits per heavy atom. The van der Waals surface area contributed by atoms with Crippen molar-refractivity contribution in [2.45, 2.75) is 39.3 Å². The van der Waals surface area contributed by atoms with Gasteiger partial charge in [0.05, 0.1) is 23.6 Å². The van der Waals surface area contributed by atoms with E-state index in [-0.39, 0.29) is 36.5 Å². The standard InChI is InChI=1S/C26H36N4O6S/c1-5-30(6-2)25(33)16-36-24-9-7-8-20-19(14-28-26(20)24)12-17(3)27-15-23(32)18-10-11-22(31)21(13-18)29-37(4,34)35/h7-11,13-14,17,23,27-29,31-32H,5-6,12,15-16H2,1-4H3/t17-,23-/m1/s1. The number of aromatic nitrogens is 1. The number of benzene rings is 2. The summed E-state index contributed by atoms with van der Waals surface area (Å²) in [7, 11) is -3.57. The van der Waals surface area contributed by atoms with Gasteiger partial charge in [-0.25, -0.2) is 8.42 Å². The average molecular weight is 533 g/mol. The molecule has 0 bridgehead atoms. The van der Waals surface area contributed by atoms with Crippen LogP contribution < -0.4 is 14.8 Å². The van der Waals surface area contributed by atoms with Gasteiger partial charge in [-0.2, -0.15) is 0 Å². The second-order valence-corrected chi connectivity index (χ2v) is 10.8. The maximum absolute atomic E-state index is 12.3. The molecule has 0 fully saturated rings. The van der Waals surface area contributed by atoms with E-state index in [0.29, 0.717) is 30.8 Å². The highest BCUT2D eigenvalue weighted by atomic mass is 32.2. The van der Waals surface area contributed by atoms with E-state index >= 15 is 0 Å². The topological polar surface area (TPSA) is 144 Å². The Labute approximate surface area is 217 Å². The Morgan fingerprint density at radius 1 is 1.19 bits per heavy atom. The Hall–Kier alpha value is -3.28. The van der Waals surface area contributed by atoms with Crippen LogP contribution in [-0.4, -0.2) is 73.0 Å². The molecule has 1 heterocycles. The number of para-hydroxylation sites is 1. The fourth-order valence-corrected chi connectivity index (χ4v) is 4.72. The molecular formula is C26H36N4O6S. The summed E-state index contributed by atoms with van der Waals surface area (Å²) in [6.45, 7) is 7.36. The van der Waals surface area contributed by atoms with Crippen molar-refractivity contribution in [3.05, 3.63) is 53.7 Å². The number of fused-ring (bicyclic) bond motifs is 1. The number of phenols is 1. The molecular weight excluding hydrogens is 496 g/mol. The minimum Gasteiger partial charge on any atom is -0.506 e. The number of likely N-dealkylation sites (N-methyl/N-ethyl adjacent to an activating group) is 1. The largest absolute Gasteiger partial charge is 0.506 e. The van der Waals surface area contributed by atoms with Crippen LogP contribution in [0.5, 0.6) is 11.5 Å². The summed E-state index contributed by atoms with van der Waals surface area (Å²) in [5.74, 6) is 0.340. The molecule has 0 spiro atoms. The molecule has 3 rings (SSSR count). The highest BCUT2D eigenvalue weighted by molar-refractivity contribution is 7.92. The van der Waals surface area contributed by atoms with Crippen LogP contribution in [0, 0.1) is 0 Å². The van der Waals surface area contributed by atoms with E-state index in [1.807, 2.05) is 45.2 Å². The summed E-state index contributed by atoms with van der Waals surface area (Å²) < 4.78 is 31.1. The van der Waals surface area contributed by atoms with Crippen molar-refractivity contribution < 1.29 is 28.2 Å². The number of hydrogen-bond acceptors (Lipinski definition) is 7. The molecule has 3 aromatic rings. The first-order chi connectivity index (χ1) is 17.5. The number of sulfonamides is 1. The first-order valence-corrected chi connectivity index (χ1v) is 14.1. The number of ether oxygens (including phenoxy) is 1. The molecule has 1 amide bonds. The first kappa shape index (κ1) is 28.3. The summed E-state index contributed by atoms with van der Waals surface area (Å²) >= 11 is 0. The van der Waals surface area contributed by atoms with E-state index in [0.717, 1.165) is 22.7 Å². The summed E-state index contributed by atoms with van der Waals surface area (Å²) in [6, 6.07) is 10.0. The Balaban J connectivity index is 1.61. The number of aliphatic hydroxyl groups is 1. The van der Waals surface area contributed by atoms with Crippen molar-refractivity contribution in [3.63, 3.8) is 0 Å². The van der Waals surface area contributed by atoms with Crippen molar-refractivity contribution >= 4 is 32.5 Å². The minimum atomic E-state index is -3.57. The number of amides is 1. The molecule has 10 nitrogen and oxygen atoms in total. The second kappa shape index (κ2) is 12.3. The first-order valence-electron chi connectivity index (χ1n) is 12.2. The van der Waals surface area contributed by atoms with E-state index in [9.17, 15) is 23.4 Å². The third-order valence-corrected chi connectivity index (χ3v) is 6.71. The molecule has 0 aliphatic heterocycles. The number of phenolic OH excluding ortho intramolecular Hbond substituents is 1. The van der Waals surface area contributed by atoms with Crippen LogP contribution >= 0.6 is 0 Å². The zero-order valence-electron chi connectivity index (χ0n) is 21.6. The Morgan fingerprint density at radius 2 is 1.92 bits per heavy atom. The lowest BCUT2D eigenvalue weighted by Gasteiger charge is -2.19. The molecule has 0 saturated heterocycles. The number of rotatable bonds is 13. The van der Waals surface area contributed by atoms with E-state index in [2.05, 4.69) is 15.0 Å². The van der Waals surface area contributed by atoms with Gasteiger partial charge in [0, 0.05) is 37.3 Å². The number of carbonyl (C=O) groups is 1. The van der Waals surface area contributed by atoms with E-state index < -0.39 is 16.1 Å². The number of aliphatic hydroxyl groups excluding tert-OH is 1. The SMILES string of the molecule is CCN(CC)C(=O)COc1cccc2c(C[C@@H](C)NC[C@@H](O)c3ccc(O)c(NS(C)(=O)=O)c3)c[nH]c12. The van der Waals surface area contributed by atoms with Crippen molar-refractivity contribution in [2.24, 2.45) is 0 Å². The monoisotopic (exact) mass is 532 g/mol. The third-order valence-electron chi connectivity index (χ3n) is 6.12. The van der Waals surface area contributed by atoms with Gasteiger partial charge in [-0.15, -0.1) is 0 Å². The quantitative estimate of drug-likeness (QED) is 0.213. The van der Waals surface area contributed by atoms with Gasteiger partial charge in [-0.1, -0.05) is 18.2 Å². The number of aromatic hydroxyl groups is 1. The van der Waals surface area contributed by atoms with Gasteiger partial charge in [0.15, 0.2) is 6.61 Å². The number of nitrogens with one attached hydrogen (secondary N) is 3. The molecule has 0 aliphatic rings. The van der Waals surface area contributed by atoms with Gasteiger partial charge in [0.25, 0.3) is 5.91 Å². The lowest BCUT2D eigenvalue weighted by molar-refractivity contribution is -0.132. The number of anilines is 1. The Bertz CT molecular complexity index is 1320.